The predicted octanol–water partition coefficient (Wildman–Crippen LogP) is 1.64. The summed E-state index contributed by atoms with van der Waals surface area (Å²) in [5, 5.41) is 0.321. The number of rotatable bonds is 5. The number of piperazine rings is 1. The van der Waals surface area contributed by atoms with Gasteiger partial charge in [-0.2, -0.15) is 0 Å². The van der Waals surface area contributed by atoms with Crippen molar-refractivity contribution in [2.24, 2.45) is 11.5 Å². The summed E-state index contributed by atoms with van der Waals surface area (Å²) in [6.45, 7) is 4.20. The average Bonchev–Trinajstić information content (AvgIpc) is 2.69. The molecule has 1 aromatic carbocycles. The topological polar surface area (TPSA) is 132 Å². The lowest BCUT2D eigenvalue weighted by Gasteiger charge is -2.39. The molecule has 1 aliphatic heterocycles. The summed E-state index contributed by atoms with van der Waals surface area (Å²) in [5.74, 6) is -1.06. The van der Waals surface area contributed by atoms with Crippen LogP contribution < -0.4 is 16.2 Å². The summed E-state index contributed by atoms with van der Waals surface area (Å²) < 4.78 is 5.36. The predicted molar refractivity (Wildman–Crippen MR) is 110 cm³/mol. The fourth-order valence-electron chi connectivity index (χ4n) is 3.33. The van der Waals surface area contributed by atoms with Crippen LogP contribution in [0.4, 0.5) is 4.79 Å². The maximum Gasteiger partial charge on any atom is 0.415 e. The van der Waals surface area contributed by atoms with Gasteiger partial charge in [-0.3, -0.25) is 19.5 Å². The number of carbonyl (C=O) groups is 3. The molecule has 30 heavy (non-hydrogen) atoms. The molecule has 9 nitrogen and oxygen atoms in total. The quantitative estimate of drug-likeness (QED) is 0.739. The van der Waals surface area contributed by atoms with E-state index in [1.165, 1.54) is 18.5 Å². The number of carbonyl (C=O) groups excluding carboxylic acids is 3. The van der Waals surface area contributed by atoms with Crippen molar-refractivity contribution in [1.82, 2.24) is 14.8 Å². The van der Waals surface area contributed by atoms with E-state index in [-0.39, 0.29) is 22.9 Å². The lowest BCUT2D eigenvalue weighted by Crippen LogP contribution is -2.54. The average molecular weight is 432 g/mol. The van der Waals surface area contributed by atoms with E-state index in [0.717, 1.165) is 5.56 Å². The van der Waals surface area contributed by atoms with Crippen LogP contribution in [-0.4, -0.2) is 58.4 Å². The molecule has 0 saturated carbocycles. The van der Waals surface area contributed by atoms with Crippen molar-refractivity contribution in [1.29, 1.82) is 0 Å². The van der Waals surface area contributed by atoms with Crippen molar-refractivity contribution < 1.29 is 19.1 Å². The Morgan fingerprint density at radius 3 is 2.60 bits per heavy atom. The minimum Gasteiger partial charge on any atom is -0.409 e. The van der Waals surface area contributed by atoms with Gasteiger partial charge in [0.25, 0.3) is 0 Å². The first-order chi connectivity index (χ1) is 14.2. The summed E-state index contributed by atoms with van der Waals surface area (Å²) in [4.78, 5) is 42.9. The molecule has 0 radical (unpaired) electrons. The maximum atomic E-state index is 12.6. The normalized spacial score (nSPS) is 16.9. The first kappa shape index (κ1) is 21.5. The van der Waals surface area contributed by atoms with Crippen LogP contribution in [-0.2, 0) is 6.54 Å². The van der Waals surface area contributed by atoms with Crippen LogP contribution in [0.3, 0.4) is 0 Å². The zero-order valence-corrected chi connectivity index (χ0v) is 17.1. The van der Waals surface area contributed by atoms with Gasteiger partial charge in [0.05, 0.1) is 22.3 Å². The van der Waals surface area contributed by atoms with Gasteiger partial charge in [-0.05, 0) is 30.7 Å². The Balaban J connectivity index is 1.60. The Bertz CT molecular complexity index is 983. The van der Waals surface area contributed by atoms with E-state index in [0.29, 0.717) is 31.2 Å². The molecule has 2 aromatic rings. The molecular weight excluding hydrogens is 410 g/mol. The number of aromatic nitrogens is 1. The molecule has 1 aromatic heterocycles. The first-order valence-electron chi connectivity index (χ1n) is 9.28. The summed E-state index contributed by atoms with van der Waals surface area (Å²) >= 11 is 6.00. The minimum absolute atomic E-state index is 0.110. The third-order valence-corrected chi connectivity index (χ3v) is 5.18. The van der Waals surface area contributed by atoms with Crippen LogP contribution in [0.1, 0.15) is 33.2 Å². The summed E-state index contributed by atoms with van der Waals surface area (Å²) in [7, 11) is 0. The molecule has 0 bridgehead atoms. The first-order valence-corrected chi connectivity index (χ1v) is 9.66. The Labute approximate surface area is 178 Å². The van der Waals surface area contributed by atoms with Gasteiger partial charge in [0.15, 0.2) is 5.75 Å². The van der Waals surface area contributed by atoms with Crippen molar-refractivity contribution >= 4 is 29.5 Å². The number of hydrogen-bond donors (Lipinski definition) is 2. The molecule has 4 N–H and O–H groups in total. The molecule has 1 fully saturated rings. The molecule has 3 rings (SSSR count). The monoisotopic (exact) mass is 431 g/mol. The Kier molecular flexibility index (Phi) is 6.53. The number of primary amides is 2. The van der Waals surface area contributed by atoms with E-state index in [2.05, 4.69) is 9.88 Å². The maximum absolute atomic E-state index is 12.6. The highest BCUT2D eigenvalue weighted by atomic mass is 35.5. The second-order valence-electron chi connectivity index (χ2n) is 7.10. The third-order valence-electron chi connectivity index (χ3n) is 4.85. The highest BCUT2D eigenvalue weighted by molar-refractivity contribution is 6.33. The number of hydrogen-bond acceptors (Lipinski definition) is 6. The smallest absolute Gasteiger partial charge is 0.409 e. The van der Waals surface area contributed by atoms with Crippen LogP contribution in [0, 0.1) is 0 Å². The van der Waals surface area contributed by atoms with Gasteiger partial charge in [-0.25, -0.2) is 4.79 Å². The zero-order chi connectivity index (χ0) is 21.8. The molecular formula is C20H22ClN5O4. The van der Waals surface area contributed by atoms with Gasteiger partial charge in [0, 0.05) is 38.4 Å². The Hall–Kier alpha value is -3.17. The second-order valence-corrected chi connectivity index (χ2v) is 7.50. The van der Waals surface area contributed by atoms with E-state index >= 15 is 0 Å². The molecule has 1 aliphatic rings. The highest BCUT2D eigenvalue weighted by Crippen LogP contribution is 2.20. The molecule has 3 amide bonds. The summed E-state index contributed by atoms with van der Waals surface area (Å²) in [5.41, 5.74) is 11.9. The number of pyridine rings is 1. The number of benzene rings is 1. The molecule has 0 unspecified atom stereocenters. The standard InChI is InChI=1S/C20H22ClN5O4/c1-12-10-25(11-13-2-3-17(21)16(6-13)19(23)28)4-5-26(12)20(29)30-15-7-14(18(22)27)8-24-9-15/h2-3,6-9,12H,4-5,10-11H2,1H3,(H2,22,27)(H2,23,28)/t12-/m0/s1. The Morgan fingerprint density at radius 2 is 1.93 bits per heavy atom. The summed E-state index contributed by atoms with van der Waals surface area (Å²) in [6.07, 6.45) is 2.14. The number of ether oxygens (including phenoxy) is 1. The molecule has 0 aliphatic carbocycles. The van der Waals surface area contributed by atoms with Gasteiger partial charge >= 0.3 is 6.09 Å². The molecule has 10 heteroatoms. The van der Waals surface area contributed by atoms with E-state index in [1.807, 2.05) is 13.0 Å². The zero-order valence-electron chi connectivity index (χ0n) is 16.4. The van der Waals surface area contributed by atoms with Crippen molar-refractivity contribution in [3.8, 4) is 5.75 Å². The van der Waals surface area contributed by atoms with E-state index in [4.69, 9.17) is 27.8 Å². The van der Waals surface area contributed by atoms with E-state index in [9.17, 15) is 14.4 Å². The van der Waals surface area contributed by atoms with E-state index in [1.54, 1.807) is 17.0 Å². The Morgan fingerprint density at radius 1 is 1.17 bits per heavy atom. The molecule has 1 atom stereocenters. The number of nitrogens with two attached hydrogens (primary N) is 2. The molecule has 1 saturated heterocycles. The minimum atomic E-state index is -0.649. The van der Waals surface area contributed by atoms with E-state index < -0.39 is 17.9 Å². The molecule has 0 spiro atoms. The second kappa shape index (κ2) is 9.10. The van der Waals surface area contributed by atoms with Crippen LogP contribution >= 0.6 is 11.6 Å². The number of nitrogens with zero attached hydrogens (tertiary/aromatic N) is 3. The number of amides is 3. The third kappa shape index (κ3) is 5.05. The van der Waals surface area contributed by atoms with Gasteiger partial charge in [-0.1, -0.05) is 17.7 Å². The fourth-order valence-corrected chi connectivity index (χ4v) is 3.55. The highest BCUT2D eigenvalue weighted by Gasteiger charge is 2.29. The lowest BCUT2D eigenvalue weighted by atomic mass is 10.1. The van der Waals surface area contributed by atoms with Crippen molar-refractivity contribution in [3.05, 3.63) is 58.4 Å². The largest absolute Gasteiger partial charge is 0.415 e. The van der Waals surface area contributed by atoms with Gasteiger partial charge in [-0.15, -0.1) is 0 Å². The van der Waals surface area contributed by atoms with Crippen molar-refractivity contribution in [3.63, 3.8) is 0 Å². The summed E-state index contributed by atoms with van der Waals surface area (Å²) in [6, 6.07) is 6.46. The van der Waals surface area contributed by atoms with Crippen LogP contribution in [0.25, 0.3) is 0 Å². The van der Waals surface area contributed by atoms with Crippen LogP contribution in [0.15, 0.2) is 36.7 Å². The molecule has 158 valence electrons. The fraction of sp³-hybridized carbons (Fsp3) is 0.300. The van der Waals surface area contributed by atoms with Crippen molar-refractivity contribution in [2.45, 2.75) is 19.5 Å². The SMILES string of the molecule is C[C@H]1CN(Cc2ccc(Cl)c(C(N)=O)c2)CCN1C(=O)Oc1cncc(C(N)=O)c1. The lowest BCUT2D eigenvalue weighted by molar-refractivity contribution is 0.0750. The van der Waals surface area contributed by atoms with Gasteiger partial charge in [0.1, 0.15) is 0 Å². The van der Waals surface area contributed by atoms with Crippen molar-refractivity contribution in [2.75, 3.05) is 19.6 Å². The van der Waals surface area contributed by atoms with Gasteiger partial charge < -0.3 is 21.1 Å². The van der Waals surface area contributed by atoms with Crippen LogP contribution in [0.2, 0.25) is 5.02 Å². The molecule has 2 heterocycles. The van der Waals surface area contributed by atoms with Crippen LogP contribution in [0.5, 0.6) is 5.75 Å². The van der Waals surface area contributed by atoms with Gasteiger partial charge in [0.2, 0.25) is 11.8 Å². The number of halogens is 1.